The Morgan fingerprint density at radius 2 is 2.28 bits per heavy atom. The van der Waals surface area contributed by atoms with Gasteiger partial charge in [-0.1, -0.05) is 6.08 Å². The molecule has 4 unspecified atom stereocenters. The molecule has 12 nitrogen and oxygen atoms in total. The Balaban J connectivity index is 1.94. The standard InChI is InChI=1S/C12H16N5O7P/c1-2-5-7(18)10(24-11(5)23-4-25(20,21)22)17-3-14-6-8(17)15-12(13)16-9(6)19/h2-3,5,7,10-11,18H,1,4H2,(H2,20,21,22)(H3,13,15,16,19). The molecule has 1 aliphatic rings. The van der Waals surface area contributed by atoms with Gasteiger partial charge in [-0.25, -0.2) is 4.98 Å². The number of hydrogen-bond donors (Lipinski definition) is 5. The van der Waals surface area contributed by atoms with E-state index >= 15 is 0 Å². The minimum Gasteiger partial charge on any atom is -0.388 e. The van der Waals surface area contributed by atoms with E-state index in [-0.39, 0.29) is 17.1 Å². The fourth-order valence-electron chi connectivity index (χ4n) is 2.59. The van der Waals surface area contributed by atoms with E-state index in [1.165, 1.54) is 17.0 Å². The fourth-order valence-corrected chi connectivity index (χ4v) is 2.93. The maximum Gasteiger partial charge on any atom is 0.351 e. The van der Waals surface area contributed by atoms with Crippen molar-refractivity contribution in [2.75, 3.05) is 12.1 Å². The number of aliphatic hydroxyl groups is 1. The number of imidazole rings is 1. The Morgan fingerprint density at radius 3 is 2.92 bits per heavy atom. The number of aliphatic hydroxyl groups excluding tert-OH is 1. The third-order valence-electron chi connectivity index (χ3n) is 3.68. The number of aromatic amines is 1. The molecule has 0 saturated carbocycles. The number of aromatic nitrogens is 4. The number of anilines is 1. The van der Waals surface area contributed by atoms with Crippen molar-refractivity contribution in [3.63, 3.8) is 0 Å². The molecule has 0 aliphatic carbocycles. The summed E-state index contributed by atoms with van der Waals surface area (Å²) < 4.78 is 22.9. The minimum atomic E-state index is -4.42. The molecule has 1 aliphatic heterocycles. The van der Waals surface area contributed by atoms with Gasteiger partial charge in [0.05, 0.1) is 12.2 Å². The minimum absolute atomic E-state index is 0.000242. The lowest BCUT2D eigenvalue weighted by atomic mass is 10.0. The quantitative estimate of drug-likeness (QED) is 0.317. The second-order valence-electron chi connectivity index (χ2n) is 5.43. The van der Waals surface area contributed by atoms with Gasteiger partial charge in [-0.15, -0.1) is 6.58 Å². The predicted octanol–water partition coefficient (Wildman–Crippen LogP) is -1.13. The van der Waals surface area contributed by atoms with Crippen LogP contribution >= 0.6 is 7.60 Å². The van der Waals surface area contributed by atoms with E-state index in [4.69, 9.17) is 25.0 Å². The largest absolute Gasteiger partial charge is 0.388 e. The lowest BCUT2D eigenvalue weighted by molar-refractivity contribution is -0.151. The highest BCUT2D eigenvalue weighted by atomic mass is 31.2. The first-order valence-electron chi connectivity index (χ1n) is 7.06. The van der Waals surface area contributed by atoms with Crippen molar-refractivity contribution >= 4 is 24.7 Å². The SMILES string of the molecule is C=CC1C(OCP(=O)(O)O)OC(n2cnc3c(=O)[nH]c(N)nc32)C1O. The van der Waals surface area contributed by atoms with Crippen LogP contribution in [0.1, 0.15) is 6.23 Å². The average molecular weight is 373 g/mol. The summed E-state index contributed by atoms with van der Waals surface area (Å²) in [7, 11) is -4.42. The lowest BCUT2D eigenvalue weighted by Gasteiger charge is -2.17. The summed E-state index contributed by atoms with van der Waals surface area (Å²) in [6.07, 6.45) is -1.68. The molecule has 0 spiro atoms. The number of ether oxygens (including phenoxy) is 2. The van der Waals surface area contributed by atoms with Gasteiger partial charge < -0.3 is 30.1 Å². The molecular weight excluding hydrogens is 357 g/mol. The molecule has 0 bridgehead atoms. The van der Waals surface area contributed by atoms with Gasteiger partial charge >= 0.3 is 7.60 Å². The Kier molecular flexibility index (Phi) is 4.49. The van der Waals surface area contributed by atoms with Gasteiger partial charge in [-0.2, -0.15) is 4.98 Å². The van der Waals surface area contributed by atoms with E-state index in [0.29, 0.717) is 0 Å². The summed E-state index contributed by atoms with van der Waals surface area (Å²) >= 11 is 0. The summed E-state index contributed by atoms with van der Waals surface area (Å²) in [5, 5.41) is 10.5. The summed E-state index contributed by atoms with van der Waals surface area (Å²) in [5.74, 6) is -0.908. The highest BCUT2D eigenvalue weighted by molar-refractivity contribution is 7.51. The number of hydrogen-bond acceptors (Lipinski definition) is 8. The van der Waals surface area contributed by atoms with E-state index in [1.54, 1.807) is 0 Å². The normalized spacial score (nSPS) is 27.0. The molecule has 0 radical (unpaired) electrons. The molecule has 0 aromatic carbocycles. The molecule has 25 heavy (non-hydrogen) atoms. The molecule has 6 N–H and O–H groups in total. The molecule has 13 heteroatoms. The fraction of sp³-hybridized carbons (Fsp3) is 0.417. The zero-order chi connectivity index (χ0) is 18.4. The van der Waals surface area contributed by atoms with Gasteiger partial charge in [-0.05, 0) is 0 Å². The Hall–Kier alpha value is -2.08. The Bertz CT molecular complexity index is 905. The van der Waals surface area contributed by atoms with Gasteiger partial charge in [0.1, 0.15) is 6.10 Å². The molecule has 136 valence electrons. The maximum absolute atomic E-state index is 11.8. The van der Waals surface area contributed by atoms with Gasteiger partial charge in [0, 0.05) is 0 Å². The summed E-state index contributed by atoms with van der Waals surface area (Å²) in [5.41, 5.74) is 5.06. The van der Waals surface area contributed by atoms with Crippen molar-refractivity contribution in [3.05, 3.63) is 29.3 Å². The van der Waals surface area contributed by atoms with Gasteiger partial charge in [0.15, 0.2) is 30.0 Å². The number of nitrogens with zero attached hydrogens (tertiary/aromatic N) is 3. The van der Waals surface area contributed by atoms with Crippen LogP contribution in [0.3, 0.4) is 0 Å². The van der Waals surface area contributed by atoms with Gasteiger partial charge in [-0.3, -0.25) is 18.9 Å². The monoisotopic (exact) mass is 373 g/mol. The lowest BCUT2D eigenvalue weighted by Crippen LogP contribution is -2.26. The van der Waals surface area contributed by atoms with Crippen molar-refractivity contribution in [1.29, 1.82) is 0 Å². The third-order valence-corrected chi connectivity index (χ3v) is 4.16. The van der Waals surface area contributed by atoms with Crippen LogP contribution in [0, 0.1) is 5.92 Å². The Morgan fingerprint density at radius 1 is 1.56 bits per heavy atom. The number of nitrogen functional groups attached to an aromatic ring is 1. The number of nitrogens with one attached hydrogen (secondary N) is 1. The van der Waals surface area contributed by atoms with E-state index < -0.39 is 44.0 Å². The van der Waals surface area contributed by atoms with Crippen LogP contribution in [0.25, 0.3) is 11.2 Å². The summed E-state index contributed by atoms with van der Waals surface area (Å²) in [4.78, 5) is 39.9. The van der Waals surface area contributed by atoms with Gasteiger partial charge in [0.25, 0.3) is 5.56 Å². The molecule has 3 rings (SSSR count). The molecular formula is C12H16N5O7P. The zero-order valence-corrected chi connectivity index (χ0v) is 13.6. The first kappa shape index (κ1) is 17.7. The molecule has 1 saturated heterocycles. The highest BCUT2D eigenvalue weighted by Gasteiger charge is 2.45. The van der Waals surface area contributed by atoms with Crippen LogP contribution in [-0.2, 0) is 14.0 Å². The molecule has 0 amide bonds. The van der Waals surface area contributed by atoms with E-state index in [0.717, 1.165) is 0 Å². The number of H-pyrrole nitrogens is 1. The van der Waals surface area contributed by atoms with Crippen LogP contribution < -0.4 is 11.3 Å². The van der Waals surface area contributed by atoms with Crippen LogP contribution in [0.4, 0.5) is 5.95 Å². The molecule has 1 fully saturated rings. The molecule has 4 atom stereocenters. The highest BCUT2D eigenvalue weighted by Crippen LogP contribution is 2.40. The van der Waals surface area contributed by atoms with Crippen molar-refractivity contribution in [2.24, 2.45) is 5.92 Å². The number of fused-ring (bicyclic) bond motifs is 1. The summed E-state index contributed by atoms with van der Waals surface area (Å²) in [6.45, 7) is 3.56. The van der Waals surface area contributed by atoms with Crippen LogP contribution in [-0.4, -0.2) is 53.2 Å². The first-order valence-corrected chi connectivity index (χ1v) is 8.85. The molecule has 3 heterocycles. The summed E-state index contributed by atoms with van der Waals surface area (Å²) in [6, 6.07) is 0. The van der Waals surface area contributed by atoms with E-state index in [9.17, 15) is 14.5 Å². The van der Waals surface area contributed by atoms with Crippen LogP contribution in [0.15, 0.2) is 23.8 Å². The Labute approximate surface area is 140 Å². The van der Waals surface area contributed by atoms with Gasteiger partial charge in [0.2, 0.25) is 5.95 Å². The van der Waals surface area contributed by atoms with Crippen LogP contribution in [0.5, 0.6) is 0 Å². The third kappa shape index (κ3) is 3.35. The number of rotatable bonds is 5. The smallest absolute Gasteiger partial charge is 0.351 e. The second-order valence-corrected chi connectivity index (χ2v) is 7.02. The number of nitrogens with two attached hydrogens (primary N) is 1. The van der Waals surface area contributed by atoms with E-state index in [2.05, 4.69) is 21.5 Å². The molecule has 2 aromatic rings. The predicted molar refractivity (Wildman–Crippen MR) is 84.2 cm³/mol. The average Bonchev–Trinajstić information content (AvgIpc) is 3.05. The maximum atomic E-state index is 11.8. The van der Waals surface area contributed by atoms with Crippen molar-refractivity contribution in [3.8, 4) is 0 Å². The van der Waals surface area contributed by atoms with E-state index in [1.807, 2.05) is 0 Å². The molecule has 2 aromatic heterocycles. The van der Waals surface area contributed by atoms with Crippen LogP contribution in [0.2, 0.25) is 0 Å². The van der Waals surface area contributed by atoms with Crippen molar-refractivity contribution in [1.82, 2.24) is 19.5 Å². The van der Waals surface area contributed by atoms with Crippen molar-refractivity contribution in [2.45, 2.75) is 18.6 Å². The zero-order valence-electron chi connectivity index (χ0n) is 12.7. The van der Waals surface area contributed by atoms with Crippen molar-refractivity contribution < 1.29 is 28.9 Å². The topological polar surface area (TPSA) is 186 Å². The second kappa shape index (κ2) is 6.33. The first-order chi connectivity index (χ1) is 11.7.